The highest BCUT2D eigenvalue weighted by molar-refractivity contribution is 5.94. The number of nitrogens with zero attached hydrogens (tertiary/aromatic N) is 4. The van der Waals surface area contributed by atoms with Gasteiger partial charge in [-0.1, -0.05) is 31.9 Å². The lowest BCUT2D eigenvalue weighted by Crippen LogP contribution is -2.49. The topological polar surface area (TPSA) is 67.2 Å². The van der Waals surface area contributed by atoms with Crippen molar-refractivity contribution in [1.29, 1.82) is 0 Å². The van der Waals surface area contributed by atoms with Gasteiger partial charge in [0.15, 0.2) is 11.5 Å². The van der Waals surface area contributed by atoms with Crippen molar-refractivity contribution < 1.29 is 23.5 Å². The maximum atomic E-state index is 15.1. The van der Waals surface area contributed by atoms with Crippen molar-refractivity contribution in [2.24, 2.45) is 0 Å². The number of halogens is 1. The molecule has 38 heavy (non-hydrogen) atoms. The minimum Gasteiger partial charge on any atom is -0.493 e. The van der Waals surface area contributed by atoms with E-state index < -0.39 is 5.82 Å². The maximum Gasteiger partial charge on any atom is 0.324 e. The summed E-state index contributed by atoms with van der Waals surface area (Å²) in [5.74, 6) is 0.725. The summed E-state index contributed by atoms with van der Waals surface area (Å²) < 4.78 is 28.2. The van der Waals surface area contributed by atoms with E-state index in [2.05, 4.69) is 6.92 Å². The third-order valence-electron chi connectivity index (χ3n) is 6.89. The van der Waals surface area contributed by atoms with Crippen LogP contribution >= 0.6 is 0 Å². The molecule has 1 aliphatic heterocycles. The molecule has 3 amide bonds. The molecule has 4 rings (SSSR count). The zero-order chi connectivity index (χ0) is 27.2. The second-order valence-electron chi connectivity index (χ2n) is 9.80. The van der Waals surface area contributed by atoms with Gasteiger partial charge in [0, 0.05) is 57.1 Å². The van der Waals surface area contributed by atoms with Crippen LogP contribution in [0.15, 0.2) is 42.6 Å². The van der Waals surface area contributed by atoms with Gasteiger partial charge in [-0.15, -0.1) is 0 Å². The van der Waals surface area contributed by atoms with Gasteiger partial charge in [-0.25, -0.2) is 9.18 Å². The van der Waals surface area contributed by atoms with Crippen LogP contribution < -0.4 is 14.4 Å². The molecular weight excluding hydrogens is 487 g/mol. The van der Waals surface area contributed by atoms with E-state index in [1.807, 2.05) is 30.3 Å². The minimum atomic E-state index is -0.400. The van der Waals surface area contributed by atoms with E-state index in [1.54, 1.807) is 41.6 Å². The zero-order valence-electron chi connectivity index (χ0n) is 22.7. The number of benzene rings is 2. The molecule has 0 atom stereocenters. The average Bonchev–Trinajstić information content (AvgIpc) is 3.23. The van der Waals surface area contributed by atoms with Crippen LogP contribution in [-0.2, 0) is 17.9 Å². The molecule has 1 aromatic heterocycles. The maximum absolute atomic E-state index is 15.1. The fourth-order valence-electron chi connectivity index (χ4n) is 4.78. The standard InChI is InChI=1S/C29H37FN4O4/c1-5-6-7-16-38-26-17-22(12-13-25(26)37-4)34-15-9-14-32(29(34)36)18-21-10-8-11-24-28(21)23(30)19-33(24)20-27(35)31(2)3/h8,10-13,17,19H,5-7,9,14-16,18,20H2,1-4H3. The van der Waals surface area contributed by atoms with Gasteiger partial charge in [0.25, 0.3) is 0 Å². The van der Waals surface area contributed by atoms with Gasteiger partial charge in [-0.2, -0.15) is 0 Å². The largest absolute Gasteiger partial charge is 0.493 e. The number of carbonyl (C=O) groups is 2. The molecule has 0 saturated carbocycles. The number of fused-ring (bicyclic) bond motifs is 1. The van der Waals surface area contributed by atoms with Crippen molar-refractivity contribution in [1.82, 2.24) is 14.4 Å². The summed E-state index contributed by atoms with van der Waals surface area (Å²) in [5, 5.41) is 0.441. The molecule has 1 fully saturated rings. The fraction of sp³-hybridized carbons (Fsp3) is 0.448. The summed E-state index contributed by atoms with van der Waals surface area (Å²) in [6.45, 7) is 4.20. The van der Waals surface area contributed by atoms with Crippen LogP contribution in [0.5, 0.6) is 11.5 Å². The van der Waals surface area contributed by atoms with Gasteiger partial charge in [0.05, 0.1) is 19.2 Å². The lowest BCUT2D eigenvalue weighted by Gasteiger charge is -2.36. The number of aromatic nitrogens is 1. The Hall–Kier alpha value is -3.75. The summed E-state index contributed by atoms with van der Waals surface area (Å²) in [5.41, 5.74) is 2.08. The fourth-order valence-corrected chi connectivity index (χ4v) is 4.78. The third-order valence-corrected chi connectivity index (χ3v) is 6.89. The van der Waals surface area contributed by atoms with Gasteiger partial charge in [0.1, 0.15) is 12.4 Å². The first-order chi connectivity index (χ1) is 18.3. The average molecular weight is 525 g/mol. The highest BCUT2D eigenvalue weighted by Crippen LogP contribution is 2.34. The number of likely N-dealkylation sites (N-methyl/N-ethyl adjacent to an activating group) is 1. The van der Waals surface area contributed by atoms with E-state index in [9.17, 15) is 9.59 Å². The zero-order valence-corrected chi connectivity index (χ0v) is 22.7. The van der Waals surface area contributed by atoms with E-state index in [4.69, 9.17) is 9.47 Å². The van der Waals surface area contributed by atoms with Gasteiger partial charge >= 0.3 is 6.03 Å². The molecule has 0 N–H and O–H groups in total. The van der Waals surface area contributed by atoms with E-state index in [-0.39, 0.29) is 25.0 Å². The van der Waals surface area contributed by atoms with Crippen molar-refractivity contribution in [3.63, 3.8) is 0 Å². The first-order valence-electron chi connectivity index (χ1n) is 13.2. The number of carbonyl (C=O) groups excluding carboxylic acids is 2. The molecule has 0 unspecified atom stereocenters. The van der Waals surface area contributed by atoms with Crippen molar-refractivity contribution in [3.05, 3.63) is 54.0 Å². The lowest BCUT2D eigenvalue weighted by molar-refractivity contribution is -0.129. The predicted octanol–water partition coefficient (Wildman–Crippen LogP) is 5.28. The van der Waals surface area contributed by atoms with Gasteiger partial charge in [-0.05, 0) is 36.6 Å². The minimum absolute atomic E-state index is 0.0492. The summed E-state index contributed by atoms with van der Waals surface area (Å²) in [7, 11) is 4.95. The Balaban J connectivity index is 1.55. The summed E-state index contributed by atoms with van der Waals surface area (Å²) >= 11 is 0. The molecule has 1 aliphatic rings. The van der Waals surface area contributed by atoms with Crippen LogP contribution in [0.3, 0.4) is 0 Å². The predicted molar refractivity (Wildman–Crippen MR) is 146 cm³/mol. The van der Waals surface area contributed by atoms with Crippen molar-refractivity contribution in [2.45, 2.75) is 45.7 Å². The van der Waals surface area contributed by atoms with Crippen LogP contribution in [-0.4, -0.2) is 67.2 Å². The van der Waals surface area contributed by atoms with Crippen LogP contribution in [0.1, 0.15) is 38.2 Å². The molecule has 0 bridgehead atoms. The van der Waals surface area contributed by atoms with Crippen molar-refractivity contribution >= 4 is 28.5 Å². The molecule has 9 heteroatoms. The number of unbranched alkanes of at least 4 members (excludes halogenated alkanes) is 2. The second kappa shape index (κ2) is 12.2. The monoisotopic (exact) mass is 524 g/mol. The first-order valence-corrected chi connectivity index (χ1v) is 13.2. The van der Waals surface area contributed by atoms with Crippen LogP contribution in [0.2, 0.25) is 0 Å². The Labute approximate surface area is 223 Å². The highest BCUT2D eigenvalue weighted by Gasteiger charge is 2.28. The Kier molecular flexibility index (Phi) is 8.76. The molecular formula is C29H37FN4O4. The van der Waals surface area contributed by atoms with Gasteiger partial charge in [0.2, 0.25) is 5.91 Å². The van der Waals surface area contributed by atoms with E-state index in [1.165, 1.54) is 11.1 Å². The Bertz CT molecular complexity index is 1290. The first kappa shape index (κ1) is 27.3. The van der Waals surface area contributed by atoms with Gasteiger partial charge in [-0.3, -0.25) is 9.69 Å². The summed E-state index contributed by atoms with van der Waals surface area (Å²) in [4.78, 5) is 30.8. The van der Waals surface area contributed by atoms with E-state index in [0.29, 0.717) is 47.7 Å². The molecule has 8 nitrogen and oxygen atoms in total. The Morgan fingerprint density at radius 1 is 1.11 bits per heavy atom. The van der Waals surface area contributed by atoms with Gasteiger partial charge < -0.3 is 23.8 Å². The molecule has 1 saturated heterocycles. The molecule has 0 radical (unpaired) electrons. The quantitative estimate of drug-likeness (QED) is 0.320. The number of methoxy groups -OCH3 is 1. The van der Waals surface area contributed by atoms with Crippen LogP contribution in [0.25, 0.3) is 10.9 Å². The van der Waals surface area contributed by atoms with Crippen LogP contribution in [0.4, 0.5) is 14.9 Å². The molecule has 2 aromatic carbocycles. The number of rotatable bonds is 11. The number of ether oxygens (including phenoxy) is 2. The lowest BCUT2D eigenvalue weighted by atomic mass is 10.1. The van der Waals surface area contributed by atoms with Crippen LogP contribution in [0, 0.1) is 5.82 Å². The number of urea groups is 1. The number of anilines is 1. The number of hydrogen-bond acceptors (Lipinski definition) is 4. The van der Waals surface area contributed by atoms with Crippen molar-refractivity contribution in [3.8, 4) is 11.5 Å². The summed E-state index contributed by atoms with van der Waals surface area (Å²) in [6.07, 6.45) is 5.29. The Morgan fingerprint density at radius 2 is 1.92 bits per heavy atom. The smallest absolute Gasteiger partial charge is 0.324 e. The molecule has 2 heterocycles. The number of hydrogen-bond donors (Lipinski definition) is 0. The normalized spacial score (nSPS) is 13.8. The number of amides is 3. The van der Waals surface area contributed by atoms with E-state index >= 15 is 4.39 Å². The SMILES string of the molecule is CCCCCOc1cc(N2CCCN(Cc3cccc4c3c(F)cn4CC(=O)N(C)C)C2=O)ccc1OC. The Morgan fingerprint density at radius 3 is 2.66 bits per heavy atom. The second-order valence-corrected chi connectivity index (χ2v) is 9.80. The van der Waals surface area contributed by atoms with Crippen molar-refractivity contribution in [2.75, 3.05) is 45.8 Å². The summed E-state index contributed by atoms with van der Waals surface area (Å²) in [6, 6.07) is 10.9. The third kappa shape index (κ3) is 5.87. The molecule has 204 valence electrons. The molecule has 0 aliphatic carbocycles. The molecule has 3 aromatic rings. The molecule has 0 spiro atoms. The van der Waals surface area contributed by atoms with E-state index in [0.717, 1.165) is 31.4 Å². The highest BCUT2D eigenvalue weighted by atomic mass is 19.1.